The van der Waals surface area contributed by atoms with Crippen molar-refractivity contribution in [1.29, 1.82) is 0 Å². The Morgan fingerprint density at radius 3 is 2.94 bits per heavy atom. The van der Waals surface area contributed by atoms with Crippen molar-refractivity contribution in [2.75, 3.05) is 18.0 Å². The van der Waals surface area contributed by atoms with Gasteiger partial charge in [-0.15, -0.1) is 10.2 Å². The molecule has 1 aromatic rings. The van der Waals surface area contributed by atoms with Crippen molar-refractivity contribution in [1.82, 2.24) is 10.2 Å². The summed E-state index contributed by atoms with van der Waals surface area (Å²) in [5.74, 6) is 0.919. The lowest BCUT2D eigenvalue weighted by molar-refractivity contribution is 0.437. The number of nitrogens with two attached hydrogens (primary N) is 1. The lowest BCUT2D eigenvalue weighted by atomic mass is 9.99. The van der Waals surface area contributed by atoms with Crippen molar-refractivity contribution in [3.8, 4) is 0 Å². The molecule has 0 aliphatic carbocycles. The molecule has 1 aliphatic heterocycles. The fourth-order valence-corrected chi connectivity index (χ4v) is 2.36. The molecular formula is C11H17ClN4. The number of piperidine rings is 1. The molecule has 88 valence electrons. The minimum Gasteiger partial charge on any atom is -0.352 e. The van der Waals surface area contributed by atoms with E-state index >= 15 is 0 Å². The zero-order chi connectivity index (χ0) is 11.4. The number of hydrogen-bond acceptors (Lipinski definition) is 4. The Kier molecular flexibility index (Phi) is 3.96. The topological polar surface area (TPSA) is 55.0 Å². The number of anilines is 1. The number of aromatic nitrogens is 2. The van der Waals surface area contributed by atoms with E-state index in [1.807, 2.05) is 6.07 Å². The van der Waals surface area contributed by atoms with Gasteiger partial charge in [-0.25, -0.2) is 0 Å². The molecule has 0 saturated carbocycles. The highest BCUT2D eigenvalue weighted by molar-refractivity contribution is 6.29. The molecule has 1 aromatic heterocycles. The van der Waals surface area contributed by atoms with E-state index in [1.54, 1.807) is 6.07 Å². The first-order valence-electron chi connectivity index (χ1n) is 5.77. The third kappa shape index (κ3) is 2.62. The van der Waals surface area contributed by atoms with E-state index in [0.717, 1.165) is 25.3 Å². The molecule has 0 amide bonds. The van der Waals surface area contributed by atoms with Gasteiger partial charge in [-0.3, -0.25) is 0 Å². The monoisotopic (exact) mass is 240 g/mol. The minimum atomic E-state index is 0.441. The van der Waals surface area contributed by atoms with Crippen LogP contribution in [0, 0.1) is 0 Å². The van der Waals surface area contributed by atoms with E-state index in [4.69, 9.17) is 17.3 Å². The Labute approximate surface area is 101 Å². The molecule has 4 nitrogen and oxygen atoms in total. The molecule has 2 N–H and O–H groups in total. The average molecular weight is 241 g/mol. The highest BCUT2D eigenvalue weighted by Crippen LogP contribution is 2.24. The van der Waals surface area contributed by atoms with Crippen LogP contribution in [0.5, 0.6) is 0 Å². The Morgan fingerprint density at radius 1 is 1.38 bits per heavy atom. The molecule has 1 saturated heterocycles. The molecule has 0 spiro atoms. The maximum Gasteiger partial charge on any atom is 0.151 e. The standard InChI is InChI=1S/C11H17ClN4/c12-10-4-5-11(15-14-10)16-8-2-1-3-9(16)6-7-13/h4-5,9H,1-3,6-8,13H2. The third-order valence-electron chi connectivity index (χ3n) is 3.04. The predicted octanol–water partition coefficient (Wildman–Crippen LogP) is 1.84. The molecule has 16 heavy (non-hydrogen) atoms. The summed E-state index contributed by atoms with van der Waals surface area (Å²) in [5.41, 5.74) is 5.64. The van der Waals surface area contributed by atoms with Crippen LogP contribution in [0.2, 0.25) is 5.15 Å². The minimum absolute atomic E-state index is 0.441. The van der Waals surface area contributed by atoms with Gasteiger partial charge in [0.25, 0.3) is 0 Å². The van der Waals surface area contributed by atoms with Crippen LogP contribution < -0.4 is 10.6 Å². The predicted molar refractivity (Wildman–Crippen MR) is 65.7 cm³/mol. The summed E-state index contributed by atoms with van der Waals surface area (Å²) in [5, 5.41) is 8.47. The van der Waals surface area contributed by atoms with Gasteiger partial charge in [-0.05, 0) is 44.4 Å². The van der Waals surface area contributed by atoms with Gasteiger partial charge in [0, 0.05) is 12.6 Å². The Bertz CT molecular complexity index is 325. The van der Waals surface area contributed by atoms with Crippen LogP contribution >= 0.6 is 11.6 Å². The molecule has 1 atom stereocenters. The van der Waals surface area contributed by atoms with Crippen molar-refractivity contribution < 1.29 is 0 Å². The van der Waals surface area contributed by atoms with Crippen LogP contribution in [0.1, 0.15) is 25.7 Å². The summed E-state index contributed by atoms with van der Waals surface area (Å²) in [4.78, 5) is 2.31. The fraction of sp³-hybridized carbons (Fsp3) is 0.636. The van der Waals surface area contributed by atoms with Gasteiger partial charge in [0.2, 0.25) is 0 Å². The third-order valence-corrected chi connectivity index (χ3v) is 3.24. The SMILES string of the molecule is NCCC1CCCCN1c1ccc(Cl)nn1. The second-order valence-corrected chi connectivity index (χ2v) is 4.52. The van der Waals surface area contributed by atoms with Gasteiger partial charge in [0.1, 0.15) is 0 Å². The van der Waals surface area contributed by atoms with Crippen molar-refractivity contribution in [2.45, 2.75) is 31.7 Å². The zero-order valence-electron chi connectivity index (χ0n) is 9.27. The van der Waals surface area contributed by atoms with E-state index < -0.39 is 0 Å². The highest BCUT2D eigenvalue weighted by Gasteiger charge is 2.22. The smallest absolute Gasteiger partial charge is 0.151 e. The molecule has 5 heteroatoms. The van der Waals surface area contributed by atoms with Gasteiger partial charge in [-0.1, -0.05) is 11.6 Å². The van der Waals surface area contributed by atoms with Crippen LogP contribution in [-0.2, 0) is 0 Å². The first-order valence-corrected chi connectivity index (χ1v) is 6.15. The largest absolute Gasteiger partial charge is 0.352 e. The summed E-state index contributed by atoms with van der Waals surface area (Å²) < 4.78 is 0. The number of halogens is 1. The molecule has 0 bridgehead atoms. The van der Waals surface area contributed by atoms with Crippen LogP contribution in [0.3, 0.4) is 0 Å². The van der Waals surface area contributed by atoms with Crippen LogP contribution in [0.15, 0.2) is 12.1 Å². The van der Waals surface area contributed by atoms with E-state index in [0.29, 0.717) is 11.2 Å². The zero-order valence-corrected chi connectivity index (χ0v) is 10.0. The van der Waals surface area contributed by atoms with Crippen molar-refractivity contribution in [3.05, 3.63) is 17.3 Å². The summed E-state index contributed by atoms with van der Waals surface area (Å²) in [6.07, 6.45) is 4.71. The van der Waals surface area contributed by atoms with Gasteiger partial charge in [0.15, 0.2) is 11.0 Å². The summed E-state index contributed by atoms with van der Waals surface area (Å²) >= 11 is 5.74. The Balaban J connectivity index is 2.13. The maximum absolute atomic E-state index is 5.74. The molecule has 1 aliphatic rings. The van der Waals surface area contributed by atoms with E-state index in [-0.39, 0.29) is 0 Å². The van der Waals surface area contributed by atoms with Crippen molar-refractivity contribution in [3.63, 3.8) is 0 Å². The fourth-order valence-electron chi connectivity index (χ4n) is 2.26. The lowest BCUT2D eigenvalue weighted by Crippen LogP contribution is -2.41. The normalized spacial score (nSPS) is 21.1. The number of nitrogens with zero attached hydrogens (tertiary/aromatic N) is 3. The summed E-state index contributed by atoms with van der Waals surface area (Å²) in [6, 6.07) is 4.23. The van der Waals surface area contributed by atoms with Gasteiger partial charge >= 0.3 is 0 Å². The van der Waals surface area contributed by atoms with Gasteiger partial charge in [0.05, 0.1) is 0 Å². The quantitative estimate of drug-likeness (QED) is 0.876. The number of hydrogen-bond donors (Lipinski definition) is 1. The van der Waals surface area contributed by atoms with Crippen molar-refractivity contribution >= 4 is 17.4 Å². The van der Waals surface area contributed by atoms with Gasteiger partial charge in [-0.2, -0.15) is 0 Å². The Hall–Kier alpha value is -0.870. The Morgan fingerprint density at radius 2 is 2.25 bits per heavy atom. The molecule has 0 radical (unpaired) electrons. The second kappa shape index (κ2) is 5.46. The molecule has 0 aromatic carbocycles. The first-order chi connectivity index (χ1) is 7.81. The second-order valence-electron chi connectivity index (χ2n) is 4.13. The molecule has 2 heterocycles. The molecular weight excluding hydrogens is 224 g/mol. The number of rotatable bonds is 3. The molecule has 2 rings (SSSR count). The van der Waals surface area contributed by atoms with Crippen LogP contribution in [-0.4, -0.2) is 29.3 Å². The van der Waals surface area contributed by atoms with Crippen molar-refractivity contribution in [2.24, 2.45) is 5.73 Å². The first kappa shape index (κ1) is 11.6. The highest BCUT2D eigenvalue weighted by atomic mass is 35.5. The lowest BCUT2D eigenvalue weighted by Gasteiger charge is -2.36. The van der Waals surface area contributed by atoms with Crippen LogP contribution in [0.25, 0.3) is 0 Å². The van der Waals surface area contributed by atoms with Crippen LogP contribution in [0.4, 0.5) is 5.82 Å². The average Bonchev–Trinajstić information content (AvgIpc) is 2.32. The van der Waals surface area contributed by atoms with E-state index in [2.05, 4.69) is 15.1 Å². The maximum atomic E-state index is 5.74. The summed E-state index contributed by atoms with van der Waals surface area (Å²) in [6.45, 7) is 1.77. The van der Waals surface area contributed by atoms with Gasteiger partial charge < -0.3 is 10.6 Å². The van der Waals surface area contributed by atoms with E-state index in [1.165, 1.54) is 19.3 Å². The summed E-state index contributed by atoms with van der Waals surface area (Å²) in [7, 11) is 0. The van der Waals surface area contributed by atoms with E-state index in [9.17, 15) is 0 Å². The molecule has 1 fully saturated rings. The molecule has 1 unspecified atom stereocenters.